The highest BCUT2D eigenvalue weighted by molar-refractivity contribution is 7.98. The minimum Gasteiger partial charge on any atom is -0.356 e. The van der Waals surface area contributed by atoms with Crippen molar-refractivity contribution in [3.05, 3.63) is 11.3 Å². The van der Waals surface area contributed by atoms with Gasteiger partial charge in [0, 0.05) is 31.7 Å². The molecule has 4 nitrogen and oxygen atoms in total. The average Bonchev–Trinajstić information content (AvgIpc) is 2.86. The maximum atomic E-state index is 4.75. The van der Waals surface area contributed by atoms with Crippen LogP contribution in [0, 0.1) is 5.92 Å². The molecule has 1 N–H and O–H groups in total. The Labute approximate surface area is 113 Å². The lowest BCUT2D eigenvalue weighted by Crippen LogP contribution is -2.34. The number of aromatic nitrogens is 2. The molecule has 18 heavy (non-hydrogen) atoms. The fourth-order valence-corrected chi connectivity index (χ4v) is 3.08. The van der Waals surface area contributed by atoms with E-state index in [1.54, 1.807) is 11.8 Å². The predicted molar refractivity (Wildman–Crippen MR) is 75.0 cm³/mol. The third-order valence-corrected chi connectivity index (χ3v) is 4.46. The standard InChI is InChI=1S/C13H20N4S/c1-9-3-5-17(6-4-9)12-10-7-14-8-11(10)15-13(16-12)18-2/h9,14H,3-8H2,1-2H3. The molecule has 0 aromatic carbocycles. The van der Waals surface area contributed by atoms with Gasteiger partial charge in [-0.3, -0.25) is 0 Å². The van der Waals surface area contributed by atoms with Crippen LogP contribution in [0.1, 0.15) is 31.0 Å². The summed E-state index contributed by atoms with van der Waals surface area (Å²) in [5, 5.41) is 4.30. The molecule has 5 heteroatoms. The first-order valence-corrected chi connectivity index (χ1v) is 7.90. The number of nitrogens with one attached hydrogen (secondary N) is 1. The first-order valence-electron chi connectivity index (χ1n) is 6.67. The molecule has 2 aliphatic heterocycles. The zero-order valence-electron chi connectivity index (χ0n) is 11.1. The summed E-state index contributed by atoms with van der Waals surface area (Å²) in [6.07, 6.45) is 4.60. The average molecular weight is 264 g/mol. The lowest BCUT2D eigenvalue weighted by Gasteiger charge is -2.32. The molecular weight excluding hydrogens is 244 g/mol. The summed E-state index contributed by atoms with van der Waals surface area (Å²) in [6, 6.07) is 0. The van der Waals surface area contributed by atoms with Crippen molar-refractivity contribution in [3.63, 3.8) is 0 Å². The summed E-state index contributed by atoms with van der Waals surface area (Å²) >= 11 is 1.64. The summed E-state index contributed by atoms with van der Waals surface area (Å²) in [6.45, 7) is 6.43. The molecule has 0 radical (unpaired) electrons. The van der Waals surface area contributed by atoms with Crippen molar-refractivity contribution in [1.29, 1.82) is 0 Å². The molecule has 0 bridgehead atoms. The van der Waals surface area contributed by atoms with Gasteiger partial charge < -0.3 is 10.2 Å². The van der Waals surface area contributed by atoms with Crippen LogP contribution >= 0.6 is 11.8 Å². The number of piperidine rings is 1. The van der Waals surface area contributed by atoms with Gasteiger partial charge in [0.25, 0.3) is 0 Å². The topological polar surface area (TPSA) is 41.1 Å². The van der Waals surface area contributed by atoms with Crippen molar-refractivity contribution < 1.29 is 0 Å². The van der Waals surface area contributed by atoms with E-state index in [9.17, 15) is 0 Å². The molecule has 0 unspecified atom stereocenters. The molecular formula is C13H20N4S. The first-order chi connectivity index (χ1) is 8.78. The number of hydrogen-bond acceptors (Lipinski definition) is 5. The van der Waals surface area contributed by atoms with E-state index in [0.717, 1.165) is 37.3 Å². The van der Waals surface area contributed by atoms with E-state index < -0.39 is 0 Å². The number of thioether (sulfide) groups is 1. The van der Waals surface area contributed by atoms with Gasteiger partial charge in [-0.1, -0.05) is 18.7 Å². The van der Waals surface area contributed by atoms with Gasteiger partial charge in [0.15, 0.2) is 5.16 Å². The third-order valence-electron chi connectivity index (χ3n) is 3.91. The Balaban J connectivity index is 1.93. The summed E-state index contributed by atoms with van der Waals surface area (Å²) < 4.78 is 0. The van der Waals surface area contributed by atoms with Crippen LogP contribution in [0.5, 0.6) is 0 Å². The van der Waals surface area contributed by atoms with Crippen molar-refractivity contribution in [2.24, 2.45) is 5.92 Å². The summed E-state index contributed by atoms with van der Waals surface area (Å²) in [7, 11) is 0. The molecule has 1 aromatic rings. The quantitative estimate of drug-likeness (QED) is 0.654. The molecule has 1 fully saturated rings. The fourth-order valence-electron chi connectivity index (χ4n) is 2.70. The van der Waals surface area contributed by atoms with Crippen LogP contribution in [0.25, 0.3) is 0 Å². The van der Waals surface area contributed by atoms with Crippen molar-refractivity contribution in [2.45, 2.75) is 38.0 Å². The Morgan fingerprint density at radius 3 is 2.72 bits per heavy atom. The van der Waals surface area contributed by atoms with Gasteiger partial charge in [-0.2, -0.15) is 0 Å². The largest absolute Gasteiger partial charge is 0.356 e. The number of rotatable bonds is 2. The van der Waals surface area contributed by atoms with Gasteiger partial charge in [0.1, 0.15) is 5.82 Å². The zero-order valence-corrected chi connectivity index (χ0v) is 11.9. The molecule has 3 heterocycles. The smallest absolute Gasteiger partial charge is 0.189 e. The van der Waals surface area contributed by atoms with E-state index in [-0.39, 0.29) is 0 Å². The van der Waals surface area contributed by atoms with Crippen LogP contribution in [-0.4, -0.2) is 29.3 Å². The Morgan fingerprint density at radius 2 is 2.00 bits per heavy atom. The zero-order chi connectivity index (χ0) is 12.5. The highest BCUT2D eigenvalue weighted by Gasteiger charge is 2.24. The highest BCUT2D eigenvalue weighted by atomic mass is 32.2. The SMILES string of the molecule is CSc1nc2c(c(N3CCC(C)CC3)n1)CNC2. The highest BCUT2D eigenvalue weighted by Crippen LogP contribution is 2.29. The molecule has 2 aliphatic rings. The third kappa shape index (κ3) is 2.21. The van der Waals surface area contributed by atoms with Crippen LogP contribution < -0.4 is 10.2 Å². The molecule has 1 saturated heterocycles. The Morgan fingerprint density at radius 1 is 1.22 bits per heavy atom. The molecule has 0 saturated carbocycles. The van der Waals surface area contributed by atoms with Crippen LogP contribution in [0.15, 0.2) is 5.16 Å². The Bertz CT molecular complexity index is 441. The predicted octanol–water partition coefficient (Wildman–Crippen LogP) is 2.04. The molecule has 0 spiro atoms. The van der Waals surface area contributed by atoms with Gasteiger partial charge in [0.2, 0.25) is 0 Å². The Kier molecular flexibility index (Phi) is 3.43. The minimum absolute atomic E-state index is 0.856. The molecule has 0 amide bonds. The normalized spacial score (nSPS) is 20.2. The van der Waals surface area contributed by atoms with Crippen molar-refractivity contribution in [1.82, 2.24) is 15.3 Å². The van der Waals surface area contributed by atoms with Crippen LogP contribution in [0.3, 0.4) is 0 Å². The summed E-state index contributed by atoms with van der Waals surface area (Å²) in [5.41, 5.74) is 2.52. The summed E-state index contributed by atoms with van der Waals surface area (Å²) in [4.78, 5) is 11.8. The molecule has 1 aromatic heterocycles. The van der Waals surface area contributed by atoms with Crippen LogP contribution in [-0.2, 0) is 13.1 Å². The van der Waals surface area contributed by atoms with E-state index in [1.165, 1.54) is 29.9 Å². The first kappa shape index (κ1) is 12.2. The van der Waals surface area contributed by atoms with Gasteiger partial charge in [0.05, 0.1) is 5.69 Å². The maximum absolute atomic E-state index is 4.75. The minimum atomic E-state index is 0.856. The van der Waals surface area contributed by atoms with E-state index in [0.29, 0.717) is 0 Å². The maximum Gasteiger partial charge on any atom is 0.189 e. The van der Waals surface area contributed by atoms with Gasteiger partial charge >= 0.3 is 0 Å². The van der Waals surface area contributed by atoms with E-state index in [1.807, 2.05) is 6.26 Å². The van der Waals surface area contributed by atoms with Gasteiger partial charge in [-0.15, -0.1) is 0 Å². The second-order valence-corrected chi connectivity index (χ2v) is 6.01. The molecule has 0 aliphatic carbocycles. The Hall–Kier alpha value is -0.810. The van der Waals surface area contributed by atoms with E-state index in [4.69, 9.17) is 4.98 Å². The fraction of sp³-hybridized carbons (Fsp3) is 0.692. The molecule has 98 valence electrons. The number of fused-ring (bicyclic) bond motifs is 1. The second kappa shape index (κ2) is 5.05. The number of anilines is 1. The second-order valence-electron chi connectivity index (χ2n) is 5.23. The monoisotopic (exact) mass is 264 g/mol. The van der Waals surface area contributed by atoms with Gasteiger partial charge in [-0.25, -0.2) is 9.97 Å². The molecule has 3 rings (SSSR count). The summed E-state index contributed by atoms with van der Waals surface area (Å²) in [5.74, 6) is 2.04. The van der Waals surface area contributed by atoms with Crippen LogP contribution in [0.2, 0.25) is 0 Å². The van der Waals surface area contributed by atoms with Gasteiger partial charge in [-0.05, 0) is 25.0 Å². The van der Waals surface area contributed by atoms with Crippen molar-refractivity contribution in [3.8, 4) is 0 Å². The number of nitrogens with zero attached hydrogens (tertiary/aromatic N) is 3. The lowest BCUT2D eigenvalue weighted by molar-refractivity contribution is 0.435. The van der Waals surface area contributed by atoms with Crippen molar-refractivity contribution >= 4 is 17.6 Å². The van der Waals surface area contributed by atoms with Crippen LogP contribution in [0.4, 0.5) is 5.82 Å². The van der Waals surface area contributed by atoms with Crippen molar-refractivity contribution in [2.75, 3.05) is 24.2 Å². The number of hydrogen-bond donors (Lipinski definition) is 1. The lowest BCUT2D eigenvalue weighted by atomic mass is 9.99. The van der Waals surface area contributed by atoms with E-state index >= 15 is 0 Å². The molecule has 0 atom stereocenters. The van der Waals surface area contributed by atoms with E-state index in [2.05, 4.69) is 22.1 Å².